The van der Waals surface area contributed by atoms with Crippen LogP contribution in [0.3, 0.4) is 0 Å². The number of allylic oxidation sites excluding steroid dienone is 2. The smallest absolute Gasteiger partial charge is 0.381 e. The first-order chi connectivity index (χ1) is 5.54. The van der Waals surface area contributed by atoms with Crippen LogP contribution < -0.4 is 0 Å². The van der Waals surface area contributed by atoms with Gasteiger partial charge >= 0.3 is 5.97 Å². The maximum absolute atomic E-state index is 10.1. The maximum atomic E-state index is 10.1. The molecule has 0 amide bonds. The molecule has 12 heavy (non-hydrogen) atoms. The predicted octanol–water partition coefficient (Wildman–Crippen LogP) is 1.84. The van der Waals surface area contributed by atoms with Crippen molar-refractivity contribution in [3.05, 3.63) is 25.3 Å². The third kappa shape index (κ3) is 3.62. The van der Waals surface area contributed by atoms with Gasteiger partial charge in [0.25, 0.3) is 0 Å². The summed E-state index contributed by atoms with van der Waals surface area (Å²) in [6, 6.07) is 0. The van der Waals surface area contributed by atoms with Crippen LogP contribution in [0.15, 0.2) is 25.3 Å². The van der Waals surface area contributed by atoms with E-state index >= 15 is 0 Å². The van der Waals surface area contributed by atoms with Crippen LogP contribution in [0.2, 0.25) is 0 Å². The molecular weight excluding hydrogens is 152 g/mol. The van der Waals surface area contributed by atoms with Gasteiger partial charge in [0.2, 0.25) is 0 Å². The van der Waals surface area contributed by atoms with E-state index in [1.54, 1.807) is 12.2 Å². The van der Waals surface area contributed by atoms with Crippen molar-refractivity contribution >= 4 is 5.97 Å². The lowest BCUT2D eigenvalue weighted by molar-refractivity contribution is -0.130. The zero-order valence-electron chi connectivity index (χ0n) is 7.13. The number of hydrogen-bond acceptors (Lipinski definition) is 1. The summed E-state index contributed by atoms with van der Waals surface area (Å²) in [5.41, 5.74) is -0.472. The summed E-state index contributed by atoms with van der Waals surface area (Å²) in [4.78, 5) is 10.1. The highest BCUT2D eigenvalue weighted by molar-refractivity contribution is 5.86. The second-order valence-corrected chi connectivity index (χ2v) is 2.67. The second kappa shape index (κ2) is 4.40. The number of aliphatic carboxylic acids is 1. The SMILES string of the molecule is C=CCC(C)(C#CC(=O)O)C=C. The number of hydrogen-bond donors (Lipinski definition) is 1. The van der Waals surface area contributed by atoms with Crippen molar-refractivity contribution < 1.29 is 9.90 Å². The van der Waals surface area contributed by atoms with Gasteiger partial charge in [0, 0.05) is 5.92 Å². The lowest BCUT2D eigenvalue weighted by atomic mass is 9.88. The number of carboxylic acid groups (broad SMARTS) is 1. The van der Waals surface area contributed by atoms with Crippen LogP contribution in [-0.2, 0) is 4.79 Å². The van der Waals surface area contributed by atoms with Crippen molar-refractivity contribution in [2.75, 3.05) is 0 Å². The summed E-state index contributed by atoms with van der Waals surface area (Å²) in [5, 5.41) is 8.31. The first-order valence-electron chi connectivity index (χ1n) is 3.54. The monoisotopic (exact) mass is 164 g/mol. The highest BCUT2D eigenvalue weighted by atomic mass is 16.4. The minimum atomic E-state index is -1.12. The lowest BCUT2D eigenvalue weighted by Crippen LogP contribution is -2.08. The molecule has 0 rings (SSSR count). The van der Waals surface area contributed by atoms with Crippen molar-refractivity contribution in [1.82, 2.24) is 0 Å². The van der Waals surface area contributed by atoms with E-state index in [4.69, 9.17) is 5.11 Å². The Kier molecular flexibility index (Phi) is 3.85. The average molecular weight is 164 g/mol. The molecule has 0 aliphatic heterocycles. The summed E-state index contributed by atoms with van der Waals surface area (Å²) in [5.74, 6) is 3.56. The van der Waals surface area contributed by atoms with E-state index in [-0.39, 0.29) is 0 Å². The molecule has 0 aromatic rings. The van der Waals surface area contributed by atoms with E-state index in [1.165, 1.54) is 0 Å². The molecule has 0 aromatic carbocycles. The fourth-order valence-electron chi connectivity index (χ4n) is 0.681. The van der Waals surface area contributed by atoms with Gasteiger partial charge in [0.1, 0.15) is 0 Å². The van der Waals surface area contributed by atoms with Gasteiger partial charge in [-0.15, -0.1) is 13.2 Å². The second-order valence-electron chi connectivity index (χ2n) is 2.67. The Morgan fingerprint density at radius 1 is 1.67 bits per heavy atom. The third-order valence-corrected chi connectivity index (χ3v) is 1.47. The van der Waals surface area contributed by atoms with Gasteiger partial charge in [0.15, 0.2) is 0 Å². The lowest BCUT2D eigenvalue weighted by Gasteiger charge is -2.14. The van der Waals surface area contributed by atoms with Gasteiger partial charge in [-0.3, -0.25) is 0 Å². The topological polar surface area (TPSA) is 37.3 Å². The van der Waals surface area contributed by atoms with E-state index in [1.807, 2.05) is 6.92 Å². The maximum Gasteiger partial charge on any atom is 0.381 e. The minimum absolute atomic E-state index is 0.472. The largest absolute Gasteiger partial charge is 0.472 e. The molecule has 0 fully saturated rings. The Balaban J connectivity index is 4.56. The van der Waals surface area contributed by atoms with Crippen molar-refractivity contribution in [2.45, 2.75) is 13.3 Å². The highest BCUT2D eigenvalue weighted by Gasteiger charge is 2.14. The Morgan fingerprint density at radius 3 is 2.58 bits per heavy atom. The molecule has 0 saturated heterocycles. The van der Waals surface area contributed by atoms with E-state index < -0.39 is 11.4 Å². The van der Waals surface area contributed by atoms with Crippen LogP contribution >= 0.6 is 0 Å². The van der Waals surface area contributed by atoms with Crippen LogP contribution in [0.4, 0.5) is 0 Å². The Hall–Kier alpha value is -1.49. The highest BCUT2D eigenvalue weighted by Crippen LogP contribution is 2.21. The number of carboxylic acids is 1. The Labute approximate surface area is 72.6 Å². The fraction of sp³-hybridized carbons (Fsp3) is 0.300. The minimum Gasteiger partial charge on any atom is -0.472 e. The molecule has 0 bridgehead atoms. The van der Waals surface area contributed by atoms with E-state index in [0.29, 0.717) is 6.42 Å². The van der Waals surface area contributed by atoms with Gasteiger partial charge in [-0.05, 0) is 13.3 Å². The fourth-order valence-corrected chi connectivity index (χ4v) is 0.681. The van der Waals surface area contributed by atoms with Gasteiger partial charge in [-0.25, -0.2) is 4.79 Å². The normalized spacial score (nSPS) is 13.4. The van der Waals surface area contributed by atoms with Crippen LogP contribution in [0.1, 0.15) is 13.3 Å². The molecule has 0 heterocycles. The molecule has 0 aromatic heterocycles. The Morgan fingerprint density at radius 2 is 2.25 bits per heavy atom. The molecular formula is C10H12O2. The summed E-state index contributed by atoms with van der Waals surface area (Å²) >= 11 is 0. The quantitative estimate of drug-likeness (QED) is 0.510. The zero-order chi connectivity index (χ0) is 9.61. The predicted molar refractivity (Wildman–Crippen MR) is 48.5 cm³/mol. The van der Waals surface area contributed by atoms with Crippen LogP contribution in [0.5, 0.6) is 0 Å². The number of rotatable bonds is 3. The zero-order valence-corrected chi connectivity index (χ0v) is 7.13. The molecule has 1 N–H and O–H groups in total. The van der Waals surface area contributed by atoms with Crippen molar-refractivity contribution in [2.24, 2.45) is 5.41 Å². The van der Waals surface area contributed by atoms with E-state index in [0.717, 1.165) is 0 Å². The first kappa shape index (κ1) is 10.5. The molecule has 2 nitrogen and oxygen atoms in total. The summed E-state index contributed by atoms with van der Waals surface area (Å²) in [6.45, 7) is 8.96. The standard InChI is InChI=1S/C10H12O2/c1-4-7-10(3,5-2)8-6-9(11)12/h4-5H,1-2,7H2,3H3,(H,11,12). The molecule has 0 saturated carbocycles. The van der Waals surface area contributed by atoms with Crippen molar-refractivity contribution in [1.29, 1.82) is 0 Å². The van der Waals surface area contributed by atoms with Gasteiger partial charge in [-0.1, -0.05) is 18.1 Å². The molecule has 0 aliphatic carbocycles. The van der Waals surface area contributed by atoms with E-state index in [9.17, 15) is 4.79 Å². The average Bonchev–Trinajstić information content (AvgIpc) is 2.02. The first-order valence-corrected chi connectivity index (χ1v) is 3.54. The van der Waals surface area contributed by atoms with E-state index in [2.05, 4.69) is 25.0 Å². The summed E-state index contributed by atoms with van der Waals surface area (Å²) in [6.07, 6.45) is 3.93. The van der Waals surface area contributed by atoms with Crippen LogP contribution in [0.25, 0.3) is 0 Å². The Bertz CT molecular complexity index is 255. The van der Waals surface area contributed by atoms with Crippen molar-refractivity contribution in [3.63, 3.8) is 0 Å². The third-order valence-electron chi connectivity index (χ3n) is 1.47. The van der Waals surface area contributed by atoms with Crippen LogP contribution in [0, 0.1) is 17.3 Å². The molecule has 64 valence electrons. The molecule has 0 spiro atoms. The molecule has 2 heteroatoms. The number of carbonyl (C=O) groups is 1. The van der Waals surface area contributed by atoms with Crippen LogP contribution in [-0.4, -0.2) is 11.1 Å². The molecule has 0 aliphatic rings. The molecule has 0 radical (unpaired) electrons. The summed E-state index contributed by atoms with van der Waals surface area (Å²) in [7, 11) is 0. The summed E-state index contributed by atoms with van der Waals surface area (Å²) < 4.78 is 0. The van der Waals surface area contributed by atoms with Gasteiger partial charge in [0.05, 0.1) is 5.41 Å². The van der Waals surface area contributed by atoms with Gasteiger partial charge < -0.3 is 5.11 Å². The molecule has 1 atom stereocenters. The van der Waals surface area contributed by atoms with Gasteiger partial charge in [-0.2, -0.15) is 0 Å². The van der Waals surface area contributed by atoms with Crippen molar-refractivity contribution in [3.8, 4) is 11.8 Å². The molecule has 1 unspecified atom stereocenters.